The standard InChI is InChI=1S/C25H28N4O3S/c1-16-8-7-9-17(12-16)15-33-24-29-28-22(31-24)21(27-23(30)32-25(2,3)4)13-18-14-26-20-11-6-5-10-19(18)20/h5-12,14,21,26H,13,15H2,1-4H3,(H,27,30)/t21-/m0/s1. The molecule has 2 N–H and O–H groups in total. The van der Waals surface area contributed by atoms with Crippen molar-refractivity contribution in [1.82, 2.24) is 20.5 Å². The number of rotatable bonds is 7. The van der Waals surface area contributed by atoms with Crippen molar-refractivity contribution in [3.63, 3.8) is 0 Å². The predicted octanol–water partition coefficient (Wildman–Crippen LogP) is 5.96. The van der Waals surface area contributed by atoms with Gasteiger partial charge in [-0.1, -0.05) is 59.8 Å². The van der Waals surface area contributed by atoms with Crippen LogP contribution >= 0.6 is 11.8 Å². The fourth-order valence-corrected chi connectivity index (χ4v) is 4.25. The molecular formula is C25H28N4O3S. The van der Waals surface area contributed by atoms with Gasteiger partial charge in [-0.05, 0) is 44.9 Å². The highest BCUT2D eigenvalue weighted by atomic mass is 32.2. The van der Waals surface area contributed by atoms with Gasteiger partial charge < -0.3 is 19.5 Å². The van der Waals surface area contributed by atoms with Gasteiger partial charge in [0.2, 0.25) is 5.89 Å². The van der Waals surface area contributed by atoms with E-state index in [0.29, 0.717) is 17.5 Å². The molecule has 7 nitrogen and oxygen atoms in total. The van der Waals surface area contributed by atoms with E-state index >= 15 is 0 Å². The van der Waals surface area contributed by atoms with E-state index in [9.17, 15) is 4.79 Å². The summed E-state index contributed by atoms with van der Waals surface area (Å²) in [5.74, 6) is 1.06. The van der Waals surface area contributed by atoms with E-state index in [-0.39, 0.29) is 0 Å². The average Bonchev–Trinajstić information content (AvgIpc) is 3.38. The second kappa shape index (κ2) is 9.70. The SMILES string of the molecule is Cc1cccc(CSc2nnc([C@H](Cc3c[nH]c4ccccc34)NC(=O)OC(C)(C)C)o2)c1. The molecule has 0 aliphatic heterocycles. The van der Waals surface area contributed by atoms with E-state index in [2.05, 4.69) is 45.6 Å². The number of aryl methyl sites for hydroxylation is 1. The molecule has 2 heterocycles. The monoisotopic (exact) mass is 464 g/mol. The molecule has 2 aromatic heterocycles. The summed E-state index contributed by atoms with van der Waals surface area (Å²) in [6.07, 6.45) is 1.89. The maximum absolute atomic E-state index is 12.5. The highest BCUT2D eigenvalue weighted by molar-refractivity contribution is 7.98. The summed E-state index contributed by atoms with van der Waals surface area (Å²) in [5.41, 5.74) is 3.85. The van der Waals surface area contributed by atoms with Crippen LogP contribution in [0.4, 0.5) is 4.79 Å². The fraction of sp³-hybridized carbons (Fsp3) is 0.320. The Morgan fingerprint density at radius 2 is 2.00 bits per heavy atom. The summed E-state index contributed by atoms with van der Waals surface area (Å²) in [4.78, 5) is 15.8. The van der Waals surface area contributed by atoms with Crippen LogP contribution in [0.25, 0.3) is 10.9 Å². The second-order valence-corrected chi connectivity index (χ2v) is 9.87. The Bertz CT molecular complexity index is 1240. The highest BCUT2D eigenvalue weighted by Gasteiger charge is 2.26. The molecule has 1 amide bonds. The van der Waals surface area contributed by atoms with Gasteiger partial charge in [0, 0.05) is 29.3 Å². The zero-order valence-electron chi connectivity index (χ0n) is 19.2. The van der Waals surface area contributed by atoms with Crippen molar-refractivity contribution in [3.8, 4) is 0 Å². The number of carbonyl (C=O) groups excluding carboxylic acids is 1. The molecular weight excluding hydrogens is 436 g/mol. The molecule has 4 aromatic rings. The molecule has 0 radical (unpaired) electrons. The largest absolute Gasteiger partial charge is 0.444 e. The van der Waals surface area contributed by atoms with Crippen LogP contribution in [0, 0.1) is 6.92 Å². The molecule has 1 atom stereocenters. The number of hydrogen-bond acceptors (Lipinski definition) is 6. The van der Waals surface area contributed by atoms with Crippen molar-refractivity contribution >= 4 is 28.8 Å². The molecule has 0 saturated heterocycles. The molecule has 0 aliphatic carbocycles. The van der Waals surface area contributed by atoms with Crippen LogP contribution in [0.2, 0.25) is 0 Å². The number of nitrogens with zero attached hydrogens (tertiary/aromatic N) is 2. The van der Waals surface area contributed by atoms with Crippen LogP contribution in [-0.2, 0) is 16.9 Å². The average molecular weight is 465 g/mol. The minimum absolute atomic E-state index is 0.345. The van der Waals surface area contributed by atoms with Crippen LogP contribution in [0.3, 0.4) is 0 Å². The van der Waals surface area contributed by atoms with Crippen LogP contribution in [0.15, 0.2) is 64.4 Å². The van der Waals surface area contributed by atoms with Gasteiger partial charge in [-0.25, -0.2) is 4.79 Å². The Kier molecular flexibility index (Phi) is 6.74. The first-order valence-electron chi connectivity index (χ1n) is 10.8. The zero-order valence-corrected chi connectivity index (χ0v) is 20.0. The van der Waals surface area contributed by atoms with Crippen LogP contribution in [-0.4, -0.2) is 26.9 Å². The van der Waals surface area contributed by atoms with Gasteiger partial charge in [0.1, 0.15) is 11.6 Å². The van der Waals surface area contributed by atoms with Crippen molar-refractivity contribution in [2.45, 2.75) is 56.7 Å². The Morgan fingerprint density at radius 3 is 2.79 bits per heavy atom. The molecule has 0 spiro atoms. The van der Waals surface area contributed by atoms with Crippen molar-refractivity contribution in [2.24, 2.45) is 0 Å². The van der Waals surface area contributed by atoms with Gasteiger partial charge in [-0.3, -0.25) is 0 Å². The van der Waals surface area contributed by atoms with E-state index in [0.717, 1.165) is 22.2 Å². The Balaban J connectivity index is 1.53. The smallest absolute Gasteiger partial charge is 0.408 e. The predicted molar refractivity (Wildman–Crippen MR) is 129 cm³/mol. The number of thioether (sulfide) groups is 1. The number of H-pyrrole nitrogens is 1. The molecule has 4 rings (SSSR count). The van der Waals surface area contributed by atoms with E-state index in [1.807, 2.05) is 57.3 Å². The topological polar surface area (TPSA) is 93.0 Å². The summed E-state index contributed by atoms with van der Waals surface area (Å²) in [6.45, 7) is 7.55. The first kappa shape index (κ1) is 22.9. The minimum atomic E-state index is -0.612. The van der Waals surface area contributed by atoms with Crippen LogP contribution in [0.5, 0.6) is 0 Å². The number of carbonyl (C=O) groups is 1. The third-order valence-electron chi connectivity index (χ3n) is 4.95. The summed E-state index contributed by atoms with van der Waals surface area (Å²) in [7, 11) is 0. The summed E-state index contributed by atoms with van der Waals surface area (Å²) >= 11 is 1.47. The molecule has 0 fully saturated rings. The number of amides is 1. The van der Waals surface area contributed by atoms with Crippen LogP contribution < -0.4 is 5.32 Å². The number of benzene rings is 2. The Labute approximate surface area is 197 Å². The van der Waals surface area contributed by atoms with Crippen molar-refractivity contribution < 1.29 is 13.9 Å². The van der Waals surface area contributed by atoms with E-state index < -0.39 is 17.7 Å². The van der Waals surface area contributed by atoms with E-state index in [4.69, 9.17) is 9.15 Å². The number of para-hydroxylation sites is 1. The van der Waals surface area contributed by atoms with Crippen molar-refractivity contribution in [1.29, 1.82) is 0 Å². The molecule has 0 bridgehead atoms. The Hall–Kier alpha value is -3.26. The van der Waals surface area contributed by atoms with E-state index in [1.54, 1.807) is 0 Å². The molecule has 0 saturated carbocycles. The number of fused-ring (bicyclic) bond motifs is 1. The van der Waals surface area contributed by atoms with Crippen molar-refractivity contribution in [2.75, 3.05) is 0 Å². The summed E-state index contributed by atoms with van der Waals surface area (Å²) in [5, 5.41) is 12.9. The lowest BCUT2D eigenvalue weighted by Crippen LogP contribution is -2.36. The van der Waals surface area contributed by atoms with Gasteiger partial charge in [-0.2, -0.15) is 0 Å². The lowest BCUT2D eigenvalue weighted by molar-refractivity contribution is 0.0494. The molecule has 2 aromatic carbocycles. The number of nitrogens with one attached hydrogen (secondary N) is 2. The summed E-state index contributed by atoms with van der Waals surface area (Å²) < 4.78 is 11.4. The highest BCUT2D eigenvalue weighted by Crippen LogP contribution is 2.28. The lowest BCUT2D eigenvalue weighted by Gasteiger charge is -2.22. The maximum Gasteiger partial charge on any atom is 0.408 e. The Morgan fingerprint density at radius 1 is 1.18 bits per heavy atom. The fourth-order valence-electron chi connectivity index (χ4n) is 3.54. The third-order valence-corrected chi connectivity index (χ3v) is 5.84. The molecule has 8 heteroatoms. The van der Waals surface area contributed by atoms with E-state index in [1.165, 1.54) is 22.9 Å². The minimum Gasteiger partial charge on any atom is -0.444 e. The first-order valence-corrected chi connectivity index (χ1v) is 11.8. The zero-order chi connectivity index (χ0) is 23.4. The molecule has 33 heavy (non-hydrogen) atoms. The van der Waals surface area contributed by atoms with Crippen molar-refractivity contribution in [3.05, 3.63) is 77.3 Å². The van der Waals surface area contributed by atoms with Crippen LogP contribution in [0.1, 0.15) is 49.4 Å². The molecule has 0 unspecified atom stereocenters. The normalized spacial score (nSPS) is 12.6. The quantitative estimate of drug-likeness (QED) is 0.328. The van der Waals surface area contributed by atoms with Gasteiger partial charge in [0.05, 0.1) is 0 Å². The lowest BCUT2D eigenvalue weighted by atomic mass is 10.1. The maximum atomic E-state index is 12.5. The van der Waals surface area contributed by atoms with Gasteiger partial charge in [-0.15, -0.1) is 10.2 Å². The third kappa shape index (κ3) is 6.16. The van der Waals surface area contributed by atoms with Gasteiger partial charge >= 0.3 is 6.09 Å². The summed E-state index contributed by atoms with van der Waals surface area (Å²) in [6, 6.07) is 15.8. The molecule has 0 aliphatic rings. The number of aromatic amines is 1. The second-order valence-electron chi connectivity index (χ2n) is 8.95. The van der Waals surface area contributed by atoms with Gasteiger partial charge in [0.25, 0.3) is 5.22 Å². The number of alkyl carbamates (subject to hydrolysis) is 1. The first-order chi connectivity index (χ1) is 15.8. The number of ether oxygens (including phenoxy) is 1. The number of aromatic nitrogens is 3. The number of hydrogen-bond donors (Lipinski definition) is 2. The molecule has 172 valence electrons. The van der Waals surface area contributed by atoms with Gasteiger partial charge in [0.15, 0.2) is 0 Å².